The van der Waals surface area contributed by atoms with Gasteiger partial charge in [-0.15, -0.1) is 11.8 Å². The van der Waals surface area contributed by atoms with Crippen molar-refractivity contribution in [3.8, 4) is 5.75 Å². The van der Waals surface area contributed by atoms with Crippen LogP contribution in [0.25, 0.3) is 0 Å². The van der Waals surface area contributed by atoms with Crippen molar-refractivity contribution in [2.24, 2.45) is 11.8 Å². The number of hydrogen-bond acceptors (Lipinski definition) is 2. The highest BCUT2D eigenvalue weighted by Crippen LogP contribution is 2.40. The van der Waals surface area contributed by atoms with Gasteiger partial charge >= 0.3 is 0 Å². The van der Waals surface area contributed by atoms with E-state index in [-0.39, 0.29) is 10.8 Å². The van der Waals surface area contributed by atoms with Crippen LogP contribution in [0.5, 0.6) is 5.75 Å². The van der Waals surface area contributed by atoms with Gasteiger partial charge in [0, 0.05) is 10.5 Å². The first kappa shape index (κ1) is 27.1. The van der Waals surface area contributed by atoms with E-state index in [0.717, 1.165) is 33.3 Å². The summed E-state index contributed by atoms with van der Waals surface area (Å²) in [5, 5.41) is 13.3. The normalized spacial score (nSPS) is 12.8. The maximum atomic E-state index is 10.7. The molecule has 2 radical (unpaired) electrons. The van der Waals surface area contributed by atoms with Gasteiger partial charge in [0.05, 0.1) is 9.52 Å². The van der Waals surface area contributed by atoms with Gasteiger partial charge in [0.15, 0.2) is 0 Å². The zero-order valence-electron chi connectivity index (χ0n) is 22.0. The Labute approximate surface area is 204 Å². The van der Waals surface area contributed by atoms with Crippen molar-refractivity contribution in [3.63, 3.8) is 0 Å². The summed E-state index contributed by atoms with van der Waals surface area (Å²) in [6, 6.07) is 11.2. The van der Waals surface area contributed by atoms with Gasteiger partial charge in [0.1, 0.15) is 5.75 Å². The molecule has 0 heterocycles. The summed E-state index contributed by atoms with van der Waals surface area (Å²) in [6.07, 6.45) is 2.32. The molecule has 3 heteroatoms. The van der Waals surface area contributed by atoms with Gasteiger partial charge in [-0.05, 0) is 69.7 Å². The Hall–Kier alpha value is -1.19. The van der Waals surface area contributed by atoms with Crippen LogP contribution in [0.1, 0.15) is 91.5 Å². The first-order valence-electron chi connectivity index (χ1n) is 12.1. The van der Waals surface area contributed by atoms with E-state index in [1.165, 1.54) is 15.6 Å². The molecule has 0 fully saturated rings. The van der Waals surface area contributed by atoms with Crippen molar-refractivity contribution in [1.29, 1.82) is 0 Å². The number of benzene rings is 2. The van der Waals surface area contributed by atoms with Crippen LogP contribution < -0.4 is 5.19 Å². The number of aromatic hydroxyl groups is 1. The summed E-state index contributed by atoms with van der Waals surface area (Å²) in [4.78, 5) is 1.32. The Kier molecular flexibility index (Phi) is 9.15. The van der Waals surface area contributed by atoms with Crippen molar-refractivity contribution in [2.75, 3.05) is 5.38 Å². The van der Waals surface area contributed by atoms with Crippen molar-refractivity contribution in [3.05, 3.63) is 52.6 Å². The van der Waals surface area contributed by atoms with Crippen LogP contribution in [0.2, 0.25) is 0 Å². The van der Waals surface area contributed by atoms with Crippen molar-refractivity contribution >= 4 is 26.5 Å². The van der Waals surface area contributed by atoms with Crippen molar-refractivity contribution in [2.45, 2.75) is 97.8 Å². The molecule has 2 aromatic rings. The molecule has 32 heavy (non-hydrogen) atoms. The molecule has 2 aromatic carbocycles. The molecule has 0 saturated heterocycles. The highest BCUT2D eigenvalue weighted by molar-refractivity contribution is 8.00. The minimum absolute atomic E-state index is 0.000672. The van der Waals surface area contributed by atoms with Gasteiger partial charge in [0.2, 0.25) is 0 Å². The minimum atomic E-state index is -0.0757. The molecule has 0 aliphatic rings. The molecule has 0 amide bonds. The SMILES string of the molecule is CC(C)Cc1cccc([Si]CSc2cc(C(C)(C)C)c(O)cc2C(C)(C)C)c1CC(C)C. The van der Waals surface area contributed by atoms with E-state index in [2.05, 4.69) is 93.5 Å². The average Bonchev–Trinajstić information content (AvgIpc) is 2.62. The topological polar surface area (TPSA) is 20.2 Å². The number of phenolic OH excluding ortho intramolecular Hbond substituents is 1. The largest absolute Gasteiger partial charge is 0.508 e. The van der Waals surface area contributed by atoms with Gasteiger partial charge in [0.25, 0.3) is 0 Å². The molecule has 2 rings (SSSR count). The average molecular weight is 469 g/mol. The molecule has 0 spiro atoms. The number of rotatable bonds is 8. The van der Waals surface area contributed by atoms with E-state index in [1.807, 2.05) is 17.8 Å². The lowest BCUT2D eigenvalue weighted by atomic mass is 9.81. The highest BCUT2D eigenvalue weighted by Gasteiger charge is 2.25. The molecule has 0 atom stereocenters. The van der Waals surface area contributed by atoms with Gasteiger partial charge in [-0.2, -0.15) is 0 Å². The van der Waals surface area contributed by atoms with Crippen LogP contribution in [0.15, 0.2) is 35.2 Å². The van der Waals surface area contributed by atoms with Gasteiger partial charge in [-0.25, -0.2) is 0 Å². The predicted octanol–water partition coefficient (Wildman–Crippen LogP) is 7.46. The molecule has 0 aliphatic heterocycles. The summed E-state index contributed by atoms with van der Waals surface area (Å²) in [6.45, 7) is 22.5. The monoisotopic (exact) mass is 468 g/mol. The number of phenols is 1. The maximum absolute atomic E-state index is 10.7. The molecule has 0 unspecified atom stereocenters. The van der Waals surface area contributed by atoms with E-state index in [1.54, 1.807) is 11.1 Å². The predicted molar refractivity (Wildman–Crippen MR) is 145 cm³/mol. The molecule has 0 aliphatic carbocycles. The Morgan fingerprint density at radius 1 is 0.844 bits per heavy atom. The fourth-order valence-corrected chi connectivity index (χ4v) is 7.09. The zero-order valence-corrected chi connectivity index (χ0v) is 23.8. The van der Waals surface area contributed by atoms with Crippen LogP contribution in [-0.4, -0.2) is 20.0 Å². The fraction of sp³-hybridized carbons (Fsp3) is 0.586. The summed E-state index contributed by atoms with van der Waals surface area (Å²) >= 11 is 1.96. The third kappa shape index (κ3) is 7.42. The lowest BCUT2D eigenvalue weighted by Gasteiger charge is -2.27. The van der Waals surface area contributed by atoms with Gasteiger partial charge < -0.3 is 5.11 Å². The molecule has 0 bridgehead atoms. The standard InChI is InChI=1S/C29H44OSSi/c1-19(2)14-21-12-11-13-27(22(21)15-20(3)4)32-18-31-26-17-23(28(5,6)7)25(30)16-24(26)29(8,9)10/h11-13,16-17,19-20,30H,14-15,18H2,1-10H3. The van der Waals surface area contributed by atoms with E-state index in [9.17, 15) is 5.11 Å². The second-order valence-electron chi connectivity index (χ2n) is 12.0. The quantitative estimate of drug-likeness (QED) is 0.320. The lowest BCUT2D eigenvalue weighted by molar-refractivity contribution is 0.441. The third-order valence-corrected chi connectivity index (χ3v) is 8.37. The first-order valence-corrected chi connectivity index (χ1v) is 14.2. The highest BCUT2D eigenvalue weighted by atomic mass is 32.2. The molecular weight excluding hydrogens is 424 g/mol. The molecule has 1 nitrogen and oxygen atoms in total. The van der Waals surface area contributed by atoms with E-state index >= 15 is 0 Å². The number of thioether (sulfide) groups is 1. The summed E-state index contributed by atoms with van der Waals surface area (Å²) in [5.74, 6) is 1.77. The van der Waals surface area contributed by atoms with Crippen molar-refractivity contribution in [1.82, 2.24) is 0 Å². The summed E-state index contributed by atoms with van der Waals surface area (Å²) < 4.78 is 0. The van der Waals surface area contributed by atoms with Crippen LogP contribution in [-0.2, 0) is 23.7 Å². The lowest BCUT2D eigenvalue weighted by Crippen LogP contribution is -2.25. The molecule has 176 valence electrons. The Bertz CT molecular complexity index is 901. The number of hydrogen-bond donors (Lipinski definition) is 1. The van der Waals surface area contributed by atoms with Crippen LogP contribution in [0.4, 0.5) is 0 Å². The minimum Gasteiger partial charge on any atom is -0.508 e. The molecule has 0 aromatic heterocycles. The zero-order chi connectivity index (χ0) is 24.3. The molecule has 1 N–H and O–H groups in total. The van der Waals surface area contributed by atoms with Gasteiger partial charge in [-0.1, -0.05) is 92.6 Å². The fourth-order valence-electron chi connectivity index (χ4n) is 4.15. The second-order valence-corrected chi connectivity index (χ2v) is 14.7. The Balaban J connectivity index is 2.33. The summed E-state index contributed by atoms with van der Waals surface area (Å²) in [7, 11) is 0.782. The van der Waals surface area contributed by atoms with Crippen LogP contribution in [0, 0.1) is 11.8 Å². The first-order chi connectivity index (χ1) is 14.7. The Morgan fingerprint density at radius 3 is 1.97 bits per heavy atom. The Morgan fingerprint density at radius 2 is 1.44 bits per heavy atom. The summed E-state index contributed by atoms with van der Waals surface area (Å²) in [5.41, 5.74) is 5.34. The molecule has 0 saturated carbocycles. The van der Waals surface area contributed by atoms with Crippen LogP contribution >= 0.6 is 11.8 Å². The van der Waals surface area contributed by atoms with Crippen LogP contribution in [0.3, 0.4) is 0 Å². The maximum Gasteiger partial charge on any atom is 0.119 e. The van der Waals surface area contributed by atoms with E-state index < -0.39 is 0 Å². The van der Waals surface area contributed by atoms with Gasteiger partial charge in [-0.3, -0.25) is 0 Å². The third-order valence-electron chi connectivity index (χ3n) is 5.72. The second kappa shape index (κ2) is 10.8. The smallest absolute Gasteiger partial charge is 0.119 e. The van der Waals surface area contributed by atoms with Crippen molar-refractivity contribution < 1.29 is 5.11 Å². The van der Waals surface area contributed by atoms with E-state index in [4.69, 9.17) is 0 Å². The van der Waals surface area contributed by atoms with E-state index in [0.29, 0.717) is 17.6 Å². The molecular formula is C29H44OSSi.